The molecule has 3 rings (SSSR count). The van der Waals surface area contributed by atoms with Crippen molar-refractivity contribution in [2.45, 2.75) is 38.3 Å². The molecule has 0 fully saturated rings. The molecule has 0 aliphatic heterocycles. The van der Waals surface area contributed by atoms with Gasteiger partial charge in [0.2, 0.25) is 5.91 Å². The lowest BCUT2D eigenvalue weighted by Crippen LogP contribution is -2.29. The van der Waals surface area contributed by atoms with Gasteiger partial charge in [-0.3, -0.25) is 14.3 Å². The molecule has 1 heterocycles. The van der Waals surface area contributed by atoms with Gasteiger partial charge < -0.3 is 10.4 Å². The van der Waals surface area contributed by atoms with E-state index in [-0.39, 0.29) is 18.4 Å². The third-order valence-electron chi connectivity index (χ3n) is 4.21. The van der Waals surface area contributed by atoms with E-state index in [1.807, 2.05) is 43.5 Å². The molecular formula is C17H19N3O3. The van der Waals surface area contributed by atoms with Crippen LogP contribution in [0.25, 0.3) is 0 Å². The lowest BCUT2D eigenvalue weighted by Gasteiger charge is -2.13. The van der Waals surface area contributed by atoms with Crippen LogP contribution in [0, 0.1) is 0 Å². The van der Waals surface area contributed by atoms with Crippen LogP contribution in [0.1, 0.15) is 42.1 Å². The van der Waals surface area contributed by atoms with Crippen LogP contribution in [0.5, 0.6) is 0 Å². The van der Waals surface area contributed by atoms with Gasteiger partial charge in [-0.15, -0.1) is 0 Å². The summed E-state index contributed by atoms with van der Waals surface area (Å²) in [4.78, 5) is 23.6. The van der Waals surface area contributed by atoms with Crippen molar-refractivity contribution in [3.63, 3.8) is 0 Å². The van der Waals surface area contributed by atoms with Crippen molar-refractivity contribution in [3.05, 3.63) is 53.3 Å². The maximum atomic E-state index is 12.2. The predicted octanol–water partition coefficient (Wildman–Crippen LogP) is 1.87. The summed E-state index contributed by atoms with van der Waals surface area (Å²) in [7, 11) is 0. The Morgan fingerprint density at radius 2 is 2.04 bits per heavy atom. The van der Waals surface area contributed by atoms with Crippen LogP contribution in [-0.2, 0) is 22.6 Å². The highest BCUT2D eigenvalue weighted by Gasteiger charge is 2.35. The van der Waals surface area contributed by atoms with Crippen molar-refractivity contribution in [2.75, 3.05) is 0 Å². The molecule has 0 saturated heterocycles. The first-order valence-electron chi connectivity index (χ1n) is 7.71. The van der Waals surface area contributed by atoms with Crippen LogP contribution >= 0.6 is 0 Å². The van der Waals surface area contributed by atoms with Crippen LogP contribution in [0.15, 0.2) is 36.5 Å². The maximum Gasteiger partial charge on any atom is 0.311 e. The van der Waals surface area contributed by atoms with Crippen LogP contribution in [0.4, 0.5) is 0 Å². The first-order chi connectivity index (χ1) is 11.1. The van der Waals surface area contributed by atoms with E-state index in [4.69, 9.17) is 0 Å². The number of fused-ring (bicyclic) bond motifs is 1. The molecule has 2 N–H and O–H groups in total. The summed E-state index contributed by atoms with van der Waals surface area (Å²) in [5, 5.41) is 16.6. The summed E-state index contributed by atoms with van der Waals surface area (Å²) >= 11 is 0. The Kier molecular flexibility index (Phi) is 4.14. The number of carboxylic acids is 1. The summed E-state index contributed by atoms with van der Waals surface area (Å²) in [6.45, 7) is 2.75. The number of carbonyl (C=O) groups is 2. The SMILES string of the molecule is CCn1ccc(CC(=O)NC2CC(C(=O)O)c3ccccc32)n1. The Bertz CT molecular complexity index is 738. The van der Waals surface area contributed by atoms with E-state index in [2.05, 4.69) is 10.4 Å². The van der Waals surface area contributed by atoms with Crippen LogP contribution in [0.3, 0.4) is 0 Å². The second kappa shape index (κ2) is 6.24. The fourth-order valence-corrected chi connectivity index (χ4v) is 3.09. The van der Waals surface area contributed by atoms with Crippen molar-refractivity contribution in [3.8, 4) is 0 Å². The minimum atomic E-state index is -0.851. The van der Waals surface area contributed by atoms with E-state index in [1.54, 1.807) is 4.68 Å². The molecule has 1 amide bonds. The van der Waals surface area contributed by atoms with Gasteiger partial charge in [0, 0.05) is 12.7 Å². The molecule has 23 heavy (non-hydrogen) atoms. The maximum absolute atomic E-state index is 12.2. The highest BCUT2D eigenvalue weighted by molar-refractivity contribution is 5.81. The van der Waals surface area contributed by atoms with E-state index in [9.17, 15) is 14.7 Å². The second-order valence-electron chi connectivity index (χ2n) is 5.72. The molecule has 2 unspecified atom stereocenters. The molecule has 2 aromatic rings. The van der Waals surface area contributed by atoms with Crippen LogP contribution in [-0.4, -0.2) is 26.8 Å². The minimum Gasteiger partial charge on any atom is -0.481 e. The van der Waals surface area contributed by atoms with Crippen LogP contribution < -0.4 is 5.32 Å². The van der Waals surface area contributed by atoms with Gasteiger partial charge in [0.25, 0.3) is 0 Å². The van der Waals surface area contributed by atoms with E-state index >= 15 is 0 Å². The van der Waals surface area contributed by atoms with Crippen molar-refractivity contribution in [2.24, 2.45) is 0 Å². The number of aromatic nitrogens is 2. The molecule has 0 saturated carbocycles. The number of hydrogen-bond acceptors (Lipinski definition) is 3. The topological polar surface area (TPSA) is 84.2 Å². The summed E-state index contributed by atoms with van der Waals surface area (Å²) < 4.78 is 1.77. The average molecular weight is 313 g/mol. The number of carbonyl (C=O) groups excluding carboxylic acids is 1. The van der Waals surface area contributed by atoms with Crippen molar-refractivity contribution in [1.82, 2.24) is 15.1 Å². The molecule has 6 nitrogen and oxygen atoms in total. The lowest BCUT2D eigenvalue weighted by molar-refractivity contribution is -0.139. The smallest absolute Gasteiger partial charge is 0.311 e. The first kappa shape index (κ1) is 15.3. The molecule has 1 aromatic heterocycles. The van der Waals surface area contributed by atoms with E-state index < -0.39 is 11.9 Å². The fourth-order valence-electron chi connectivity index (χ4n) is 3.09. The van der Waals surface area contributed by atoms with Gasteiger partial charge in [-0.1, -0.05) is 24.3 Å². The number of benzene rings is 1. The Morgan fingerprint density at radius 3 is 2.70 bits per heavy atom. The number of carboxylic acid groups (broad SMARTS) is 1. The van der Waals surface area contributed by atoms with Gasteiger partial charge in [0.15, 0.2) is 0 Å². The Balaban J connectivity index is 1.70. The monoisotopic (exact) mass is 313 g/mol. The largest absolute Gasteiger partial charge is 0.481 e. The summed E-state index contributed by atoms with van der Waals surface area (Å²) in [6.07, 6.45) is 2.43. The Hall–Kier alpha value is -2.63. The zero-order valence-electron chi connectivity index (χ0n) is 12.9. The Labute approximate surface area is 134 Å². The van der Waals surface area contributed by atoms with Crippen LogP contribution in [0.2, 0.25) is 0 Å². The molecule has 1 aliphatic rings. The number of hydrogen-bond donors (Lipinski definition) is 2. The summed E-state index contributed by atoms with van der Waals surface area (Å²) in [5.74, 6) is -1.55. The van der Waals surface area contributed by atoms with E-state index in [1.165, 1.54) is 0 Å². The third kappa shape index (κ3) is 3.11. The summed E-state index contributed by atoms with van der Waals surface area (Å²) in [6, 6.07) is 8.97. The van der Waals surface area contributed by atoms with Gasteiger partial charge >= 0.3 is 5.97 Å². The number of nitrogens with zero attached hydrogens (tertiary/aromatic N) is 2. The van der Waals surface area contributed by atoms with Gasteiger partial charge in [-0.25, -0.2) is 0 Å². The zero-order chi connectivity index (χ0) is 16.4. The number of aryl methyl sites for hydroxylation is 1. The lowest BCUT2D eigenvalue weighted by atomic mass is 10.0. The molecule has 120 valence electrons. The minimum absolute atomic E-state index is 0.141. The van der Waals surface area contributed by atoms with Crippen molar-refractivity contribution >= 4 is 11.9 Å². The predicted molar refractivity (Wildman–Crippen MR) is 83.9 cm³/mol. The van der Waals surface area contributed by atoms with E-state index in [0.717, 1.165) is 17.7 Å². The van der Waals surface area contributed by atoms with Gasteiger partial charge in [0.1, 0.15) is 0 Å². The van der Waals surface area contributed by atoms with Gasteiger partial charge in [-0.05, 0) is 30.5 Å². The molecule has 6 heteroatoms. The first-order valence-corrected chi connectivity index (χ1v) is 7.71. The summed E-state index contributed by atoms with van der Waals surface area (Å²) in [5.41, 5.74) is 2.40. The number of nitrogens with one attached hydrogen (secondary N) is 1. The molecule has 1 aromatic carbocycles. The van der Waals surface area contributed by atoms with Gasteiger partial charge in [0.05, 0.1) is 24.1 Å². The second-order valence-corrected chi connectivity index (χ2v) is 5.72. The molecule has 0 spiro atoms. The molecule has 0 radical (unpaired) electrons. The fraction of sp³-hybridized carbons (Fsp3) is 0.353. The molecule has 0 bridgehead atoms. The standard InChI is InChI=1S/C17H19N3O3/c1-2-20-8-7-11(19-20)9-16(21)18-15-10-14(17(22)23)12-5-3-4-6-13(12)15/h3-8,14-15H,2,9-10H2,1H3,(H,18,21)(H,22,23). The highest BCUT2D eigenvalue weighted by atomic mass is 16.4. The third-order valence-corrected chi connectivity index (χ3v) is 4.21. The Morgan fingerprint density at radius 1 is 1.30 bits per heavy atom. The quantitative estimate of drug-likeness (QED) is 0.882. The molecular weight excluding hydrogens is 294 g/mol. The normalized spacial score (nSPS) is 19.3. The number of rotatable bonds is 5. The molecule has 2 atom stereocenters. The highest BCUT2D eigenvalue weighted by Crippen LogP contribution is 2.40. The van der Waals surface area contributed by atoms with Crippen molar-refractivity contribution in [1.29, 1.82) is 0 Å². The number of aliphatic carboxylic acids is 1. The van der Waals surface area contributed by atoms with Gasteiger partial charge in [-0.2, -0.15) is 5.10 Å². The van der Waals surface area contributed by atoms with E-state index in [0.29, 0.717) is 12.1 Å². The number of amides is 1. The zero-order valence-corrected chi connectivity index (χ0v) is 12.9. The molecule has 1 aliphatic carbocycles. The average Bonchev–Trinajstić information content (AvgIpc) is 3.12. The van der Waals surface area contributed by atoms with Crippen molar-refractivity contribution < 1.29 is 14.7 Å².